The van der Waals surface area contributed by atoms with Crippen molar-refractivity contribution in [2.45, 2.75) is 89.8 Å². The molecule has 0 saturated carbocycles. The molecule has 0 bridgehead atoms. The van der Waals surface area contributed by atoms with Crippen molar-refractivity contribution in [1.82, 2.24) is 9.88 Å². The maximum atomic E-state index is 12.7. The molecule has 0 amide bonds. The van der Waals surface area contributed by atoms with E-state index in [1.54, 1.807) is 17.6 Å². The lowest BCUT2D eigenvalue weighted by molar-refractivity contribution is -0.156. The summed E-state index contributed by atoms with van der Waals surface area (Å²) in [6.07, 6.45) is 2.58. The molecule has 4 rings (SSSR count). The summed E-state index contributed by atoms with van der Waals surface area (Å²) in [7, 11) is 0. The molecule has 0 aliphatic carbocycles. The summed E-state index contributed by atoms with van der Waals surface area (Å²) in [6, 6.07) is 21.1. The molecule has 0 radical (unpaired) electrons. The van der Waals surface area contributed by atoms with Crippen molar-refractivity contribution in [3.8, 4) is 0 Å². The van der Waals surface area contributed by atoms with Crippen molar-refractivity contribution < 1.29 is 13.9 Å². The molecule has 0 fully saturated rings. The van der Waals surface area contributed by atoms with Crippen molar-refractivity contribution in [1.29, 1.82) is 0 Å². The van der Waals surface area contributed by atoms with Gasteiger partial charge in [0.25, 0.3) is 0 Å². The van der Waals surface area contributed by atoms with E-state index in [1.165, 1.54) is 33.3 Å². The quantitative estimate of drug-likeness (QED) is 0.132. The molecule has 0 aliphatic rings. The van der Waals surface area contributed by atoms with E-state index in [0.717, 1.165) is 40.9 Å². The number of carbonyl (C=O) groups excluding carboxylic acids is 1. The van der Waals surface area contributed by atoms with Crippen molar-refractivity contribution in [3.63, 3.8) is 0 Å². The Morgan fingerprint density at radius 1 is 0.925 bits per heavy atom. The maximum Gasteiger partial charge on any atom is 0.322 e. The van der Waals surface area contributed by atoms with Crippen molar-refractivity contribution in [3.05, 3.63) is 105 Å². The van der Waals surface area contributed by atoms with Crippen LogP contribution < -0.4 is 0 Å². The SMILES string of the molecule is Cc1ccc(Cc2nc(C)c(CN(Cc3ccc(SC(C)(C)C(=O)OC(C)(C)C)cc3)Cc3ccco3)s2)cc1. The van der Waals surface area contributed by atoms with E-state index in [0.29, 0.717) is 6.54 Å². The molecule has 0 aliphatic heterocycles. The number of hydrogen-bond donors (Lipinski definition) is 0. The van der Waals surface area contributed by atoms with Crippen LogP contribution in [-0.4, -0.2) is 26.2 Å². The van der Waals surface area contributed by atoms with Crippen LogP contribution in [0.1, 0.15) is 72.6 Å². The van der Waals surface area contributed by atoms with Crippen molar-refractivity contribution in [2.75, 3.05) is 0 Å². The minimum atomic E-state index is -0.680. The van der Waals surface area contributed by atoms with Gasteiger partial charge in [-0.3, -0.25) is 9.69 Å². The third-order valence-electron chi connectivity index (χ3n) is 6.33. The van der Waals surface area contributed by atoms with Gasteiger partial charge in [0.1, 0.15) is 16.1 Å². The van der Waals surface area contributed by atoms with Crippen molar-refractivity contribution >= 4 is 29.1 Å². The number of carbonyl (C=O) groups is 1. The molecule has 7 heteroatoms. The summed E-state index contributed by atoms with van der Waals surface area (Å²) in [5.74, 6) is 0.730. The molecule has 2 aromatic heterocycles. The Hall–Kier alpha value is -2.87. The van der Waals surface area contributed by atoms with Crippen LogP contribution in [0.15, 0.2) is 76.2 Å². The molecule has 40 heavy (non-hydrogen) atoms. The van der Waals surface area contributed by atoms with E-state index in [1.807, 2.05) is 46.8 Å². The van der Waals surface area contributed by atoms with E-state index >= 15 is 0 Å². The lowest BCUT2D eigenvalue weighted by Gasteiger charge is -2.28. The van der Waals surface area contributed by atoms with E-state index in [4.69, 9.17) is 14.1 Å². The van der Waals surface area contributed by atoms with Crippen LogP contribution in [0, 0.1) is 13.8 Å². The molecule has 4 aromatic rings. The van der Waals surface area contributed by atoms with E-state index in [2.05, 4.69) is 67.3 Å². The lowest BCUT2D eigenvalue weighted by atomic mass is 10.1. The number of thiazole rings is 1. The molecule has 212 valence electrons. The summed E-state index contributed by atoms with van der Waals surface area (Å²) in [5.41, 5.74) is 4.34. The molecular formula is C33H40N2O3S2. The van der Waals surface area contributed by atoms with Gasteiger partial charge in [0, 0.05) is 29.3 Å². The third kappa shape index (κ3) is 8.82. The molecule has 0 atom stereocenters. The largest absolute Gasteiger partial charge is 0.468 e. The highest BCUT2D eigenvalue weighted by Crippen LogP contribution is 2.35. The molecule has 0 N–H and O–H groups in total. The maximum absolute atomic E-state index is 12.7. The predicted molar refractivity (Wildman–Crippen MR) is 165 cm³/mol. The Kier molecular flexibility index (Phi) is 9.60. The number of rotatable bonds is 11. The van der Waals surface area contributed by atoms with Crippen LogP contribution in [0.25, 0.3) is 0 Å². The van der Waals surface area contributed by atoms with Crippen LogP contribution >= 0.6 is 23.1 Å². The Morgan fingerprint density at radius 3 is 2.23 bits per heavy atom. The highest BCUT2D eigenvalue weighted by Gasteiger charge is 2.33. The second-order valence-electron chi connectivity index (χ2n) is 11.8. The summed E-state index contributed by atoms with van der Waals surface area (Å²) >= 11 is 3.32. The predicted octanol–water partition coefficient (Wildman–Crippen LogP) is 8.36. The fourth-order valence-corrected chi connectivity index (χ4v) is 6.38. The summed E-state index contributed by atoms with van der Waals surface area (Å²) in [4.78, 5) is 22.3. The molecule has 5 nitrogen and oxygen atoms in total. The molecular weight excluding hydrogens is 537 g/mol. The number of nitrogens with zero attached hydrogens (tertiary/aromatic N) is 2. The van der Waals surface area contributed by atoms with E-state index < -0.39 is 10.3 Å². The van der Waals surface area contributed by atoms with Gasteiger partial charge in [0.15, 0.2) is 0 Å². The molecule has 0 unspecified atom stereocenters. The van der Waals surface area contributed by atoms with Gasteiger partial charge in [0.05, 0.1) is 23.5 Å². The number of hydrogen-bond acceptors (Lipinski definition) is 7. The van der Waals surface area contributed by atoms with Gasteiger partial charge >= 0.3 is 5.97 Å². The summed E-state index contributed by atoms with van der Waals surface area (Å²) in [5, 5.41) is 1.14. The van der Waals surface area contributed by atoms with Gasteiger partial charge in [0.2, 0.25) is 0 Å². The zero-order valence-corrected chi connectivity index (χ0v) is 26.2. The standard InChI is InChI=1S/C33H40N2O3S2/c1-23-10-12-25(13-11-23)19-30-34-24(2)29(39-30)22-35(21-27-9-8-18-37-27)20-26-14-16-28(17-15-26)40-33(6,7)31(36)38-32(3,4)5/h8-18H,19-22H2,1-7H3. The Bertz CT molecular complexity index is 1380. The average molecular weight is 577 g/mol. The second-order valence-corrected chi connectivity index (χ2v) is 14.6. The van der Waals surface area contributed by atoms with Crippen LogP contribution in [0.5, 0.6) is 0 Å². The first-order chi connectivity index (χ1) is 18.9. The minimum Gasteiger partial charge on any atom is -0.468 e. The van der Waals surface area contributed by atoms with E-state index in [9.17, 15) is 4.79 Å². The number of ether oxygens (including phenoxy) is 1. The van der Waals surface area contributed by atoms with E-state index in [-0.39, 0.29) is 5.97 Å². The number of benzene rings is 2. The van der Waals surface area contributed by atoms with Gasteiger partial charge < -0.3 is 9.15 Å². The second kappa shape index (κ2) is 12.8. The highest BCUT2D eigenvalue weighted by atomic mass is 32.2. The first-order valence-electron chi connectivity index (χ1n) is 13.6. The van der Waals surface area contributed by atoms with Crippen LogP contribution in [0.2, 0.25) is 0 Å². The topological polar surface area (TPSA) is 55.6 Å². The van der Waals surface area contributed by atoms with Gasteiger partial charge in [-0.15, -0.1) is 23.1 Å². The number of esters is 1. The molecule has 2 aromatic carbocycles. The number of aryl methyl sites for hydroxylation is 2. The zero-order valence-electron chi connectivity index (χ0n) is 24.6. The van der Waals surface area contributed by atoms with Crippen LogP contribution in [0.4, 0.5) is 0 Å². The third-order valence-corrected chi connectivity index (χ3v) is 8.66. The number of furan rings is 1. The fourth-order valence-electron chi connectivity index (χ4n) is 4.24. The summed E-state index contributed by atoms with van der Waals surface area (Å²) < 4.78 is 10.6. The van der Waals surface area contributed by atoms with Gasteiger partial charge in [-0.05, 0) is 83.9 Å². The molecule has 0 spiro atoms. The Labute approximate surface area is 247 Å². The Morgan fingerprint density at radius 2 is 1.60 bits per heavy atom. The monoisotopic (exact) mass is 576 g/mol. The normalized spacial score (nSPS) is 12.2. The summed E-state index contributed by atoms with van der Waals surface area (Å²) in [6.45, 7) is 16.0. The van der Waals surface area contributed by atoms with Gasteiger partial charge in [-0.25, -0.2) is 4.98 Å². The number of thioether (sulfide) groups is 1. The van der Waals surface area contributed by atoms with Gasteiger partial charge in [-0.1, -0.05) is 42.0 Å². The first-order valence-corrected chi connectivity index (χ1v) is 15.3. The Balaban J connectivity index is 1.45. The molecule has 2 heterocycles. The highest BCUT2D eigenvalue weighted by molar-refractivity contribution is 8.01. The average Bonchev–Trinajstić information content (AvgIpc) is 3.50. The lowest BCUT2D eigenvalue weighted by Crippen LogP contribution is -2.36. The van der Waals surface area contributed by atoms with Crippen LogP contribution in [-0.2, 0) is 35.6 Å². The number of aromatic nitrogens is 1. The zero-order chi connectivity index (χ0) is 28.9. The fraction of sp³-hybridized carbons (Fsp3) is 0.394. The van der Waals surface area contributed by atoms with Crippen molar-refractivity contribution in [2.24, 2.45) is 0 Å². The van der Waals surface area contributed by atoms with Crippen LogP contribution in [0.3, 0.4) is 0 Å². The molecule has 0 saturated heterocycles. The van der Waals surface area contributed by atoms with Gasteiger partial charge in [-0.2, -0.15) is 0 Å². The first kappa shape index (κ1) is 30.1. The minimum absolute atomic E-state index is 0.208. The smallest absolute Gasteiger partial charge is 0.322 e.